The van der Waals surface area contributed by atoms with Crippen molar-refractivity contribution >= 4 is 11.8 Å². The van der Waals surface area contributed by atoms with Crippen LogP contribution in [0.4, 0.5) is 4.39 Å². The van der Waals surface area contributed by atoms with Crippen LogP contribution in [0.25, 0.3) is 11.4 Å². The number of methoxy groups -OCH3 is 1. The minimum atomic E-state index is -0.272. The molecule has 0 atom stereocenters. The van der Waals surface area contributed by atoms with Gasteiger partial charge in [0.25, 0.3) is 0 Å². The predicted octanol–water partition coefficient (Wildman–Crippen LogP) is 4.54. The van der Waals surface area contributed by atoms with E-state index in [1.807, 2.05) is 18.2 Å². The molecule has 0 saturated carbocycles. The molecule has 0 aliphatic carbocycles. The zero-order valence-corrected chi connectivity index (χ0v) is 14.9. The Bertz CT molecular complexity index is 859. The SMILES string of the molecule is CCc1cc(SCc2cc(F)ccc2OC)nc(-c2ccncc2)n1. The second-order valence-electron chi connectivity index (χ2n) is 5.36. The highest BCUT2D eigenvalue weighted by Gasteiger charge is 2.10. The van der Waals surface area contributed by atoms with E-state index in [1.165, 1.54) is 23.9 Å². The molecule has 0 fully saturated rings. The maximum atomic E-state index is 13.5. The molecule has 3 aromatic rings. The molecule has 6 heteroatoms. The number of benzene rings is 1. The second-order valence-corrected chi connectivity index (χ2v) is 6.35. The van der Waals surface area contributed by atoms with Crippen LogP contribution in [-0.4, -0.2) is 22.1 Å². The smallest absolute Gasteiger partial charge is 0.160 e. The number of thioether (sulfide) groups is 1. The Morgan fingerprint density at radius 3 is 2.60 bits per heavy atom. The standard InChI is InChI=1S/C19H18FN3OS/c1-3-16-11-18(23-19(22-16)13-6-8-21-9-7-13)25-12-14-10-15(20)4-5-17(14)24-2/h4-11H,3,12H2,1-2H3. The number of hydrogen-bond donors (Lipinski definition) is 0. The van der Waals surface area contributed by atoms with Crippen molar-refractivity contribution in [2.75, 3.05) is 7.11 Å². The van der Waals surface area contributed by atoms with Crippen LogP contribution in [0.5, 0.6) is 5.75 Å². The number of pyridine rings is 1. The van der Waals surface area contributed by atoms with Gasteiger partial charge in [0, 0.05) is 35.0 Å². The zero-order chi connectivity index (χ0) is 17.6. The molecule has 0 N–H and O–H groups in total. The van der Waals surface area contributed by atoms with E-state index < -0.39 is 0 Å². The molecule has 1 aromatic carbocycles. The Morgan fingerprint density at radius 2 is 1.88 bits per heavy atom. The third-order valence-electron chi connectivity index (χ3n) is 3.67. The maximum Gasteiger partial charge on any atom is 0.160 e. The second kappa shape index (κ2) is 8.07. The zero-order valence-electron chi connectivity index (χ0n) is 14.1. The topological polar surface area (TPSA) is 47.9 Å². The van der Waals surface area contributed by atoms with Gasteiger partial charge in [-0.25, -0.2) is 14.4 Å². The number of hydrogen-bond acceptors (Lipinski definition) is 5. The molecule has 25 heavy (non-hydrogen) atoms. The van der Waals surface area contributed by atoms with Crippen molar-refractivity contribution in [3.63, 3.8) is 0 Å². The monoisotopic (exact) mass is 355 g/mol. The van der Waals surface area contributed by atoms with E-state index in [0.717, 1.165) is 28.3 Å². The van der Waals surface area contributed by atoms with Crippen molar-refractivity contribution in [3.05, 3.63) is 65.9 Å². The molecule has 0 aliphatic rings. The van der Waals surface area contributed by atoms with E-state index >= 15 is 0 Å². The van der Waals surface area contributed by atoms with Crippen molar-refractivity contribution in [2.45, 2.75) is 24.1 Å². The summed E-state index contributed by atoms with van der Waals surface area (Å²) in [6.07, 6.45) is 4.26. The van der Waals surface area contributed by atoms with Gasteiger partial charge in [0.2, 0.25) is 0 Å². The van der Waals surface area contributed by atoms with Crippen molar-refractivity contribution in [3.8, 4) is 17.1 Å². The van der Waals surface area contributed by atoms with E-state index in [0.29, 0.717) is 17.3 Å². The Morgan fingerprint density at radius 1 is 1.08 bits per heavy atom. The molecule has 4 nitrogen and oxygen atoms in total. The van der Waals surface area contributed by atoms with Gasteiger partial charge in [0.05, 0.1) is 7.11 Å². The van der Waals surface area contributed by atoms with Crippen LogP contribution >= 0.6 is 11.8 Å². The van der Waals surface area contributed by atoms with Gasteiger partial charge in [0.15, 0.2) is 5.82 Å². The molecular weight excluding hydrogens is 337 g/mol. The highest BCUT2D eigenvalue weighted by atomic mass is 32.2. The van der Waals surface area contributed by atoms with Crippen LogP contribution in [0, 0.1) is 5.82 Å². The van der Waals surface area contributed by atoms with Crippen LogP contribution < -0.4 is 4.74 Å². The molecule has 0 spiro atoms. The molecule has 0 radical (unpaired) electrons. The number of aryl methyl sites for hydroxylation is 1. The molecule has 0 amide bonds. The normalized spacial score (nSPS) is 10.7. The summed E-state index contributed by atoms with van der Waals surface area (Å²) in [5, 5.41) is 0.852. The molecule has 0 bridgehead atoms. The summed E-state index contributed by atoms with van der Waals surface area (Å²) in [5.41, 5.74) is 2.70. The number of halogens is 1. The van der Waals surface area contributed by atoms with Gasteiger partial charge in [-0.3, -0.25) is 4.98 Å². The Labute approximate surface area is 150 Å². The van der Waals surface area contributed by atoms with Gasteiger partial charge in [-0.15, -0.1) is 11.8 Å². The summed E-state index contributed by atoms with van der Waals surface area (Å²) >= 11 is 1.54. The summed E-state index contributed by atoms with van der Waals surface area (Å²) in [5.74, 6) is 1.64. The predicted molar refractivity (Wildman–Crippen MR) is 97.2 cm³/mol. The average Bonchev–Trinajstić information content (AvgIpc) is 2.67. The quantitative estimate of drug-likeness (QED) is 0.480. The van der Waals surface area contributed by atoms with Gasteiger partial charge in [-0.2, -0.15) is 0 Å². The Kier molecular flexibility index (Phi) is 5.60. The van der Waals surface area contributed by atoms with E-state index in [1.54, 1.807) is 25.6 Å². The van der Waals surface area contributed by atoms with E-state index in [-0.39, 0.29) is 5.82 Å². The van der Waals surface area contributed by atoms with Gasteiger partial charge in [0.1, 0.15) is 16.6 Å². The molecule has 3 rings (SSSR count). The summed E-state index contributed by atoms with van der Waals surface area (Å²) < 4.78 is 18.8. The van der Waals surface area contributed by atoms with E-state index in [4.69, 9.17) is 4.74 Å². The van der Waals surface area contributed by atoms with Crippen LogP contribution in [0.15, 0.2) is 53.8 Å². The fraction of sp³-hybridized carbons (Fsp3) is 0.211. The van der Waals surface area contributed by atoms with Gasteiger partial charge >= 0.3 is 0 Å². The molecule has 2 heterocycles. The first kappa shape index (κ1) is 17.4. The molecular formula is C19H18FN3OS. The lowest BCUT2D eigenvalue weighted by atomic mass is 10.2. The van der Waals surface area contributed by atoms with E-state index in [2.05, 4.69) is 21.9 Å². The van der Waals surface area contributed by atoms with Crippen LogP contribution in [-0.2, 0) is 12.2 Å². The first-order chi connectivity index (χ1) is 12.2. The van der Waals surface area contributed by atoms with Crippen LogP contribution in [0.3, 0.4) is 0 Å². The van der Waals surface area contributed by atoms with E-state index in [9.17, 15) is 4.39 Å². The lowest BCUT2D eigenvalue weighted by Gasteiger charge is -2.10. The highest BCUT2D eigenvalue weighted by molar-refractivity contribution is 7.98. The largest absolute Gasteiger partial charge is 0.496 e. The number of rotatable bonds is 6. The van der Waals surface area contributed by atoms with Crippen molar-refractivity contribution in [1.82, 2.24) is 15.0 Å². The molecule has 2 aromatic heterocycles. The van der Waals surface area contributed by atoms with Gasteiger partial charge in [-0.1, -0.05) is 6.92 Å². The minimum Gasteiger partial charge on any atom is -0.496 e. The maximum absolute atomic E-state index is 13.5. The number of nitrogens with zero attached hydrogens (tertiary/aromatic N) is 3. The number of ether oxygens (including phenoxy) is 1. The summed E-state index contributed by atoms with van der Waals surface area (Å²) in [4.78, 5) is 13.3. The molecule has 0 aliphatic heterocycles. The molecule has 0 saturated heterocycles. The summed E-state index contributed by atoms with van der Waals surface area (Å²) in [7, 11) is 1.59. The fourth-order valence-corrected chi connectivity index (χ4v) is 3.27. The Hall–Kier alpha value is -2.47. The third-order valence-corrected chi connectivity index (χ3v) is 4.63. The van der Waals surface area contributed by atoms with Gasteiger partial charge < -0.3 is 4.74 Å². The van der Waals surface area contributed by atoms with Crippen molar-refractivity contribution < 1.29 is 9.13 Å². The van der Waals surface area contributed by atoms with Crippen molar-refractivity contribution in [2.24, 2.45) is 0 Å². The first-order valence-corrected chi connectivity index (χ1v) is 8.91. The summed E-state index contributed by atoms with van der Waals surface area (Å²) in [6, 6.07) is 10.3. The van der Waals surface area contributed by atoms with Crippen LogP contribution in [0.2, 0.25) is 0 Å². The third kappa shape index (κ3) is 4.33. The highest BCUT2D eigenvalue weighted by Crippen LogP contribution is 2.29. The lowest BCUT2D eigenvalue weighted by Crippen LogP contribution is -1.97. The minimum absolute atomic E-state index is 0.272. The molecule has 128 valence electrons. The van der Waals surface area contributed by atoms with Crippen molar-refractivity contribution in [1.29, 1.82) is 0 Å². The lowest BCUT2D eigenvalue weighted by molar-refractivity contribution is 0.410. The first-order valence-electron chi connectivity index (χ1n) is 7.93. The molecule has 0 unspecified atom stereocenters. The van der Waals surface area contributed by atoms with Crippen LogP contribution in [0.1, 0.15) is 18.2 Å². The Balaban J connectivity index is 1.87. The summed E-state index contributed by atoms with van der Waals surface area (Å²) in [6.45, 7) is 2.06. The number of aromatic nitrogens is 3. The average molecular weight is 355 g/mol. The fourth-order valence-electron chi connectivity index (χ4n) is 2.37. The van der Waals surface area contributed by atoms with Gasteiger partial charge in [-0.05, 0) is 42.8 Å².